The first kappa shape index (κ1) is 22.1. The third-order valence-electron chi connectivity index (χ3n) is 6.20. The maximum atomic E-state index is 12.5. The van der Waals surface area contributed by atoms with Gasteiger partial charge in [-0.3, -0.25) is 9.69 Å². The molecule has 1 fully saturated rings. The highest BCUT2D eigenvalue weighted by Crippen LogP contribution is 2.37. The van der Waals surface area contributed by atoms with Crippen LogP contribution >= 0.6 is 0 Å². The van der Waals surface area contributed by atoms with Gasteiger partial charge in [-0.05, 0) is 74.5 Å². The summed E-state index contributed by atoms with van der Waals surface area (Å²) in [4.78, 5) is 16.9. The number of amides is 1. The SMILES string of the molecule is C=CCN1CCC(c2ccccc2Nc2ccc(C(=O)N(CC)CC)cc2)C(C)C1. The molecule has 2 atom stereocenters. The van der Waals surface area contributed by atoms with Gasteiger partial charge in [-0.15, -0.1) is 6.58 Å². The number of carbonyl (C=O) groups excluding carboxylic acids is 1. The first-order valence-corrected chi connectivity index (χ1v) is 11.2. The zero-order chi connectivity index (χ0) is 21.5. The lowest BCUT2D eigenvalue weighted by Gasteiger charge is -2.37. The molecule has 1 heterocycles. The molecule has 2 unspecified atom stereocenters. The molecular formula is C26H35N3O. The number of piperidine rings is 1. The van der Waals surface area contributed by atoms with Crippen molar-refractivity contribution in [2.24, 2.45) is 5.92 Å². The molecule has 4 heteroatoms. The van der Waals surface area contributed by atoms with Crippen molar-refractivity contribution >= 4 is 17.3 Å². The molecule has 30 heavy (non-hydrogen) atoms. The smallest absolute Gasteiger partial charge is 0.253 e. The maximum Gasteiger partial charge on any atom is 0.253 e. The summed E-state index contributed by atoms with van der Waals surface area (Å²) >= 11 is 0. The fourth-order valence-electron chi connectivity index (χ4n) is 4.52. The molecule has 0 saturated carbocycles. The predicted molar refractivity (Wildman–Crippen MR) is 127 cm³/mol. The third-order valence-corrected chi connectivity index (χ3v) is 6.20. The Morgan fingerprint density at radius 3 is 2.50 bits per heavy atom. The van der Waals surface area contributed by atoms with Crippen LogP contribution in [-0.2, 0) is 0 Å². The molecule has 1 aliphatic rings. The molecule has 4 nitrogen and oxygen atoms in total. The van der Waals surface area contributed by atoms with Crippen LogP contribution < -0.4 is 5.32 Å². The topological polar surface area (TPSA) is 35.6 Å². The van der Waals surface area contributed by atoms with E-state index in [0.717, 1.165) is 56.1 Å². The number of rotatable bonds is 8. The molecule has 1 saturated heterocycles. The summed E-state index contributed by atoms with van der Waals surface area (Å²) in [6.07, 6.45) is 3.15. The second-order valence-electron chi connectivity index (χ2n) is 8.19. The van der Waals surface area contributed by atoms with Gasteiger partial charge in [0.05, 0.1) is 0 Å². The standard InChI is InChI=1S/C26H35N3O/c1-5-17-28-18-16-23(20(4)19-28)24-10-8-9-11-25(24)27-22-14-12-21(13-15-22)26(30)29(6-2)7-3/h5,8-15,20,23,27H,1,6-7,16-19H2,2-4H3. The van der Waals surface area contributed by atoms with Crippen LogP contribution in [0.5, 0.6) is 0 Å². The molecule has 1 N–H and O–H groups in total. The number of hydrogen-bond acceptors (Lipinski definition) is 3. The van der Waals surface area contributed by atoms with Gasteiger partial charge in [-0.25, -0.2) is 0 Å². The van der Waals surface area contributed by atoms with Crippen molar-refractivity contribution in [1.29, 1.82) is 0 Å². The van der Waals surface area contributed by atoms with Crippen LogP contribution in [0.15, 0.2) is 61.2 Å². The Morgan fingerprint density at radius 1 is 1.17 bits per heavy atom. The highest BCUT2D eigenvalue weighted by Gasteiger charge is 2.28. The predicted octanol–water partition coefficient (Wildman–Crippen LogP) is 5.52. The quantitative estimate of drug-likeness (QED) is 0.587. The fraction of sp³-hybridized carbons (Fsp3) is 0.423. The maximum absolute atomic E-state index is 12.5. The summed E-state index contributed by atoms with van der Waals surface area (Å²) in [5, 5.41) is 3.60. The van der Waals surface area contributed by atoms with E-state index in [0.29, 0.717) is 11.8 Å². The van der Waals surface area contributed by atoms with Gasteiger partial charge in [0, 0.05) is 43.1 Å². The first-order chi connectivity index (χ1) is 14.6. The number of likely N-dealkylation sites (tertiary alicyclic amines) is 1. The first-order valence-electron chi connectivity index (χ1n) is 11.2. The Hall–Kier alpha value is -2.59. The summed E-state index contributed by atoms with van der Waals surface area (Å²) in [5.74, 6) is 1.22. The third kappa shape index (κ3) is 5.11. The van der Waals surface area contributed by atoms with Crippen molar-refractivity contribution in [3.8, 4) is 0 Å². The van der Waals surface area contributed by atoms with E-state index in [1.807, 2.05) is 49.1 Å². The Morgan fingerprint density at radius 2 is 1.87 bits per heavy atom. The summed E-state index contributed by atoms with van der Waals surface area (Å²) in [5.41, 5.74) is 4.29. The Bertz CT molecular complexity index is 842. The van der Waals surface area contributed by atoms with Gasteiger partial charge in [0.1, 0.15) is 0 Å². The van der Waals surface area contributed by atoms with E-state index in [4.69, 9.17) is 0 Å². The van der Waals surface area contributed by atoms with E-state index in [1.54, 1.807) is 0 Å². The summed E-state index contributed by atoms with van der Waals surface area (Å²) in [7, 11) is 0. The molecule has 3 rings (SSSR count). The molecule has 1 amide bonds. The highest BCUT2D eigenvalue weighted by molar-refractivity contribution is 5.94. The summed E-state index contributed by atoms with van der Waals surface area (Å²) in [6, 6.07) is 16.5. The van der Waals surface area contributed by atoms with Gasteiger partial charge in [0.25, 0.3) is 5.91 Å². The van der Waals surface area contributed by atoms with Gasteiger partial charge in [-0.2, -0.15) is 0 Å². The monoisotopic (exact) mass is 405 g/mol. The van der Waals surface area contributed by atoms with Crippen LogP contribution in [0.4, 0.5) is 11.4 Å². The largest absolute Gasteiger partial charge is 0.355 e. The number of anilines is 2. The summed E-state index contributed by atoms with van der Waals surface area (Å²) < 4.78 is 0. The fourth-order valence-corrected chi connectivity index (χ4v) is 4.52. The highest BCUT2D eigenvalue weighted by atomic mass is 16.2. The van der Waals surface area contributed by atoms with E-state index in [2.05, 4.69) is 48.0 Å². The molecule has 0 aromatic heterocycles. The molecular weight excluding hydrogens is 370 g/mol. The van der Waals surface area contributed by atoms with E-state index in [9.17, 15) is 4.79 Å². The zero-order valence-corrected chi connectivity index (χ0v) is 18.6. The molecule has 0 aliphatic carbocycles. The molecule has 0 radical (unpaired) electrons. The van der Waals surface area contributed by atoms with Gasteiger partial charge >= 0.3 is 0 Å². The molecule has 2 aromatic rings. The van der Waals surface area contributed by atoms with Crippen LogP contribution in [-0.4, -0.2) is 48.4 Å². The minimum Gasteiger partial charge on any atom is -0.355 e. The minimum atomic E-state index is 0.0899. The van der Waals surface area contributed by atoms with E-state index < -0.39 is 0 Å². The molecule has 1 aliphatic heterocycles. The van der Waals surface area contributed by atoms with Crippen molar-refractivity contribution < 1.29 is 4.79 Å². The second-order valence-corrected chi connectivity index (χ2v) is 8.19. The Balaban J connectivity index is 1.74. The lowest BCUT2D eigenvalue weighted by Crippen LogP contribution is -2.38. The number of nitrogens with zero attached hydrogens (tertiary/aromatic N) is 2. The number of benzene rings is 2. The average molecular weight is 406 g/mol. The Kier molecular flexibility index (Phi) is 7.69. The van der Waals surface area contributed by atoms with Crippen LogP contribution in [0.2, 0.25) is 0 Å². The van der Waals surface area contributed by atoms with Gasteiger partial charge < -0.3 is 10.2 Å². The number of carbonyl (C=O) groups is 1. The molecule has 160 valence electrons. The number of hydrogen-bond donors (Lipinski definition) is 1. The Labute approximate surface area is 181 Å². The average Bonchev–Trinajstić information content (AvgIpc) is 2.76. The molecule has 2 aromatic carbocycles. The van der Waals surface area contributed by atoms with Crippen molar-refractivity contribution in [2.45, 2.75) is 33.1 Å². The van der Waals surface area contributed by atoms with Gasteiger partial charge in [0.15, 0.2) is 0 Å². The molecule has 0 bridgehead atoms. The van der Waals surface area contributed by atoms with Crippen LogP contribution in [0.25, 0.3) is 0 Å². The lowest BCUT2D eigenvalue weighted by atomic mass is 9.81. The summed E-state index contributed by atoms with van der Waals surface area (Å²) in [6.45, 7) is 14.9. The van der Waals surface area contributed by atoms with Gasteiger partial charge in [-0.1, -0.05) is 31.2 Å². The zero-order valence-electron chi connectivity index (χ0n) is 18.6. The van der Waals surface area contributed by atoms with E-state index in [1.165, 1.54) is 5.56 Å². The van der Waals surface area contributed by atoms with Gasteiger partial charge in [0.2, 0.25) is 0 Å². The van der Waals surface area contributed by atoms with Crippen molar-refractivity contribution in [2.75, 3.05) is 38.0 Å². The normalized spacial score (nSPS) is 19.3. The number of para-hydroxylation sites is 1. The van der Waals surface area contributed by atoms with Crippen LogP contribution in [0.1, 0.15) is 49.0 Å². The lowest BCUT2D eigenvalue weighted by molar-refractivity contribution is 0.0773. The number of nitrogens with one attached hydrogen (secondary N) is 1. The van der Waals surface area contributed by atoms with Crippen molar-refractivity contribution in [1.82, 2.24) is 9.80 Å². The van der Waals surface area contributed by atoms with Crippen molar-refractivity contribution in [3.63, 3.8) is 0 Å². The van der Waals surface area contributed by atoms with E-state index in [-0.39, 0.29) is 5.91 Å². The second kappa shape index (κ2) is 10.4. The van der Waals surface area contributed by atoms with Crippen LogP contribution in [0, 0.1) is 5.92 Å². The van der Waals surface area contributed by atoms with Crippen molar-refractivity contribution in [3.05, 3.63) is 72.3 Å². The molecule has 0 spiro atoms. The van der Waals surface area contributed by atoms with E-state index >= 15 is 0 Å². The van der Waals surface area contributed by atoms with Crippen LogP contribution in [0.3, 0.4) is 0 Å². The minimum absolute atomic E-state index is 0.0899.